The largest absolute Gasteiger partial charge is 0.439 e. The molecule has 138 valence electrons. The molecule has 0 aliphatic carbocycles. The van der Waals surface area contributed by atoms with Crippen LogP contribution in [0.15, 0.2) is 24.3 Å². The molecule has 2 amide bonds. The average molecular weight is 356 g/mol. The Balaban J connectivity index is 1.55. The van der Waals surface area contributed by atoms with Crippen LogP contribution in [-0.4, -0.2) is 63.6 Å². The Morgan fingerprint density at radius 3 is 2.77 bits per heavy atom. The number of ether oxygens (including phenoxy) is 1. The lowest BCUT2D eigenvalue weighted by atomic mass is 10.0. The number of hydrogen-bond acceptors (Lipinski definition) is 4. The highest BCUT2D eigenvalue weighted by atomic mass is 16.6. The summed E-state index contributed by atoms with van der Waals surface area (Å²) in [6, 6.07) is 7.90. The second kappa shape index (κ2) is 6.00. The SMILES string of the molecule is CC(C)c1nc2ccccc2n1CC(=O)N1CC[C@]2(CN(C)C(=O)O2)C1. The van der Waals surface area contributed by atoms with E-state index in [9.17, 15) is 9.59 Å². The number of likely N-dealkylation sites (tertiary alicyclic amines) is 1. The van der Waals surface area contributed by atoms with Gasteiger partial charge in [-0.05, 0) is 12.1 Å². The van der Waals surface area contributed by atoms with Gasteiger partial charge in [-0.25, -0.2) is 9.78 Å². The highest BCUT2D eigenvalue weighted by Crippen LogP contribution is 2.32. The topological polar surface area (TPSA) is 67.7 Å². The number of aromatic nitrogens is 2. The molecule has 1 aromatic heterocycles. The van der Waals surface area contributed by atoms with E-state index in [4.69, 9.17) is 9.72 Å². The zero-order valence-corrected chi connectivity index (χ0v) is 15.4. The Hall–Kier alpha value is -2.57. The number of likely N-dealkylation sites (N-methyl/N-ethyl adjacent to an activating group) is 1. The highest BCUT2D eigenvalue weighted by Gasteiger charge is 2.49. The van der Waals surface area contributed by atoms with Crippen molar-refractivity contribution in [1.82, 2.24) is 19.4 Å². The summed E-state index contributed by atoms with van der Waals surface area (Å²) >= 11 is 0. The molecule has 1 aromatic carbocycles. The first kappa shape index (κ1) is 16.9. The molecular weight excluding hydrogens is 332 g/mol. The molecule has 0 radical (unpaired) electrons. The van der Waals surface area contributed by atoms with Crippen molar-refractivity contribution in [2.24, 2.45) is 0 Å². The third-order valence-corrected chi connectivity index (χ3v) is 5.30. The highest BCUT2D eigenvalue weighted by molar-refractivity contribution is 5.82. The first-order valence-corrected chi connectivity index (χ1v) is 9.06. The van der Waals surface area contributed by atoms with Crippen LogP contribution in [0.2, 0.25) is 0 Å². The predicted molar refractivity (Wildman–Crippen MR) is 96.9 cm³/mol. The summed E-state index contributed by atoms with van der Waals surface area (Å²) in [4.78, 5) is 32.8. The zero-order chi connectivity index (χ0) is 18.5. The van der Waals surface area contributed by atoms with Crippen molar-refractivity contribution >= 4 is 23.0 Å². The van der Waals surface area contributed by atoms with Gasteiger partial charge in [0.1, 0.15) is 12.4 Å². The first-order chi connectivity index (χ1) is 12.4. The Morgan fingerprint density at radius 1 is 1.31 bits per heavy atom. The van der Waals surface area contributed by atoms with Gasteiger partial charge in [0, 0.05) is 25.9 Å². The summed E-state index contributed by atoms with van der Waals surface area (Å²) in [5.74, 6) is 1.18. The monoisotopic (exact) mass is 356 g/mol. The van der Waals surface area contributed by atoms with E-state index in [0.29, 0.717) is 26.1 Å². The summed E-state index contributed by atoms with van der Waals surface area (Å²) in [6.45, 7) is 6.05. The van der Waals surface area contributed by atoms with Gasteiger partial charge < -0.3 is 19.1 Å². The van der Waals surface area contributed by atoms with Crippen LogP contribution in [0, 0.1) is 0 Å². The van der Waals surface area contributed by atoms with Gasteiger partial charge in [0.25, 0.3) is 0 Å². The minimum Gasteiger partial charge on any atom is -0.439 e. The third-order valence-electron chi connectivity index (χ3n) is 5.30. The second-order valence-electron chi connectivity index (χ2n) is 7.67. The summed E-state index contributed by atoms with van der Waals surface area (Å²) in [5.41, 5.74) is 1.35. The molecule has 7 nitrogen and oxygen atoms in total. The molecule has 3 heterocycles. The third kappa shape index (κ3) is 2.71. The van der Waals surface area contributed by atoms with Gasteiger partial charge in [-0.3, -0.25) is 4.79 Å². The van der Waals surface area contributed by atoms with Crippen LogP contribution in [0.5, 0.6) is 0 Å². The van der Waals surface area contributed by atoms with E-state index in [1.165, 1.54) is 0 Å². The number of carbonyl (C=O) groups is 2. The molecule has 2 fully saturated rings. The quantitative estimate of drug-likeness (QED) is 0.846. The number of rotatable bonds is 3. The number of nitrogens with zero attached hydrogens (tertiary/aromatic N) is 4. The number of imidazole rings is 1. The zero-order valence-electron chi connectivity index (χ0n) is 15.4. The minimum atomic E-state index is -0.542. The van der Waals surface area contributed by atoms with Crippen molar-refractivity contribution in [3.05, 3.63) is 30.1 Å². The summed E-state index contributed by atoms with van der Waals surface area (Å²) < 4.78 is 7.56. The van der Waals surface area contributed by atoms with Crippen LogP contribution < -0.4 is 0 Å². The fourth-order valence-electron chi connectivity index (χ4n) is 4.00. The molecule has 0 unspecified atom stereocenters. The van der Waals surface area contributed by atoms with E-state index in [0.717, 1.165) is 16.9 Å². The lowest BCUT2D eigenvalue weighted by molar-refractivity contribution is -0.131. The summed E-state index contributed by atoms with van der Waals surface area (Å²) in [5, 5.41) is 0. The number of fused-ring (bicyclic) bond motifs is 1. The molecule has 2 aromatic rings. The molecule has 1 atom stereocenters. The lowest BCUT2D eigenvalue weighted by Crippen LogP contribution is -2.40. The number of hydrogen-bond donors (Lipinski definition) is 0. The van der Waals surface area contributed by atoms with Gasteiger partial charge >= 0.3 is 6.09 Å². The van der Waals surface area contributed by atoms with E-state index in [-0.39, 0.29) is 24.5 Å². The molecule has 4 rings (SSSR count). The van der Waals surface area contributed by atoms with Crippen LogP contribution in [-0.2, 0) is 16.1 Å². The Bertz CT molecular complexity index is 875. The van der Waals surface area contributed by atoms with E-state index in [2.05, 4.69) is 13.8 Å². The van der Waals surface area contributed by atoms with Crippen LogP contribution in [0.25, 0.3) is 11.0 Å². The molecule has 2 aliphatic rings. The molecule has 1 spiro atoms. The maximum Gasteiger partial charge on any atom is 0.410 e. The normalized spacial score (nSPS) is 22.8. The van der Waals surface area contributed by atoms with Crippen LogP contribution >= 0.6 is 0 Å². The van der Waals surface area contributed by atoms with Gasteiger partial charge in [-0.15, -0.1) is 0 Å². The Morgan fingerprint density at radius 2 is 2.08 bits per heavy atom. The summed E-state index contributed by atoms with van der Waals surface area (Å²) in [6.07, 6.45) is 0.387. The van der Waals surface area contributed by atoms with Gasteiger partial charge in [-0.1, -0.05) is 26.0 Å². The smallest absolute Gasteiger partial charge is 0.410 e. The van der Waals surface area contributed by atoms with E-state index < -0.39 is 5.60 Å². The second-order valence-corrected chi connectivity index (χ2v) is 7.67. The maximum atomic E-state index is 13.0. The minimum absolute atomic E-state index is 0.0394. The van der Waals surface area contributed by atoms with E-state index in [1.807, 2.05) is 33.7 Å². The van der Waals surface area contributed by atoms with Gasteiger partial charge in [0.2, 0.25) is 5.91 Å². The van der Waals surface area contributed by atoms with Crippen molar-refractivity contribution < 1.29 is 14.3 Å². The molecule has 0 N–H and O–H groups in total. The van der Waals surface area contributed by atoms with Crippen LogP contribution in [0.1, 0.15) is 32.0 Å². The van der Waals surface area contributed by atoms with Crippen molar-refractivity contribution in [3.63, 3.8) is 0 Å². The molecule has 26 heavy (non-hydrogen) atoms. The molecule has 0 saturated carbocycles. The van der Waals surface area contributed by atoms with E-state index >= 15 is 0 Å². The number of benzene rings is 1. The Labute approximate surface area is 152 Å². The molecular formula is C19H24N4O3. The van der Waals surface area contributed by atoms with Crippen molar-refractivity contribution in [2.45, 2.75) is 38.3 Å². The van der Waals surface area contributed by atoms with Crippen molar-refractivity contribution in [1.29, 1.82) is 0 Å². The molecule has 7 heteroatoms. The fourth-order valence-corrected chi connectivity index (χ4v) is 4.00. The number of amides is 2. The fraction of sp³-hybridized carbons (Fsp3) is 0.526. The van der Waals surface area contributed by atoms with Crippen molar-refractivity contribution in [3.8, 4) is 0 Å². The van der Waals surface area contributed by atoms with E-state index in [1.54, 1.807) is 11.9 Å². The maximum absolute atomic E-state index is 13.0. The molecule has 0 bridgehead atoms. The molecule has 2 aliphatic heterocycles. The lowest BCUT2D eigenvalue weighted by Gasteiger charge is -2.22. The van der Waals surface area contributed by atoms with Crippen molar-refractivity contribution in [2.75, 3.05) is 26.7 Å². The first-order valence-electron chi connectivity index (χ1n) is 9.06. The van der Waals surface area contributed by atoms with Gasteiger partial charge in [0.15, 0.2) is 5.60 Å². The van der Waals surface area contributed by atoms with Crippen LogP contribution in [0.4, 0.5) is 4.79 Å². The average Bonchev–Trinajstić information content (AvgIpc) is 3.25. The van der Waals surface area contributed by atoms with Crippen LogP contribution in [0.3, 0.4) is 0 Å². The standard InChI is InChI=1S/C19H24N4O3/c1-13(2)17-20-14-6-4-5-7-15(14)23(17)10-16(24)22-9-8-19(12-22)11-21(3)18(25)26-19/h4-7,13H,8-12H2,1-3H3/t19-/m0/s1. The Kier molecular flexibility index (Phi) is 3.89. The predicted octanol–water partition coefficient (Wildman–Crippen LogP) is 2.21. The molecule has 2 saturated heterocycles. The van der Waals surface area contributed by atoms with Gasteiger partial charge in [-0.2, -0.15) is 0 Å². The number of para-hydroxylation sites is 2. The summed E-state index contributed by atoms with van der Waals surface area (Å²) in [7, 11) is 1.73. The number of carbonyl (C=O) groups excluding carboxylic acids is 2. The van der Waals surface area contributed by atoms with Gasteiger partial charge in [0.05, 0.1) is 24.1 Å².